The van der Waals surface area contributed by atoms with E-state index in [1.54, 1.807) is 7.11 Å². The molecule has 31 heavy (non-hydrogen) atoms. The van der Waals surface area contributed by atoms with Crippen molar-refractivity contribution in [2.24, 2.45) is 5.92 Å². The van der Waals surface area contributed by atoms with Crippen molar-refractivity contribution in [2.75, 3.05) is 26.7 Å². The Bertz CT molecular complexity index is 922. The van der Waals surface area contributed by atoms with Gasteiger partial charge in [-0.1, -0.05) is 11.6 Å². The average molecular weight is 424 g/mol. The van der Waals surface area contributed by atoms with Gasteiger partial charge in [-0.25, -0.2) is 0 Å². The number of aryl methyl sites for hydroxylation is 1. The number of carbonyl (C=O) groups is 1. The SMILES string of the molecule is CCn1cc(CN2CCC(C(=O)NCCC3=CCCCC3)CC2)c2cc(OC)ccc21. The summed E-state index contributed by atoms with van der Waals surface area (Å²) < 4.78 is 7.76. The third kappa shape index (κ3) is 5.32. The van der Waals surface area contributed by atoms with Gasteiger partial charge in [-0.05, 0) is 88.7 Å². The van der Waals surface area contributed by atoms with Gasteiger partial charge in [0.1, 0.15) is 5.75 Å². The van der Waals surface area contributed by atoms with Gasteiger partial charge in [0.2, 0.25) is 5.91 Å². The molecule has 2 aromatic rings. The predicted molar refractivity (Wildman–Crippen MR) is 126 cm³/mol. The van der Waals surface area contributed by atoms with Crippen molar-refractivity contribution < 1.29 is 9.53 Å². The molecule has 5 nitrogen and oxygen atoms in total. The van der Waals surface area contributed by atoms with E-state index in [2.05, 4.69) is 46.1 Å². The molecule has 1 aromatic carbocycles. The second-order valence-corrected chi connectivity index (χ2v) is 9.02. The van der Waals surface area contributed by atoms with Crippen LogP contribution in [0.4, 0.5) is 0 Å². The Morgan fingerprint density at radius 1 is 1.23 bits per heavy atom. The maximum Gasteiger partial charge on any atom is 0.223 e. The van der Waals surface area contributed by atoms with Gasteiger partial charge in [-0.2, -0.15) is 0 Å². The van der Waals surface area contributed by atoms with E-state index in [0.29, 0.717) is 0 Å². The number of methoxy groups -OCH3 is 1. The molecule has 1 aromatic heterocycles. The first-order valence-electron chi connectivity index (χ1n) is 12.0. The second-order valence-electron chi connectivity index (χ2n) is 9.02. The molecule has 4 rings (SSSR count). The van der Waals surface area contributed by atoms with Crippen LogP contribution < -0.4 is 10.1 Å². The monoisotopic (exact) mass is 423 g/mol. The van der Waals surface area contributed by atoms with Crippen LogP contribution in [0, 0.1) is 5.92 Å². The number of rotatable bonds is 8. The van der Waals surface area contributed by atoms with Crippen LogP contribution in [0.15, 0.2) is 36.0 Å². The molecule has 0 spiro atoms. The molecule has 2 aliphatic rings. The molecule has 0 radical (unpaired) electrons. The summed E-state index contributed by atoms with van der Waals surface area (Å²) in [6.45, 7) is 6.82. The van der Waals surface area contributed by atoms with Crippen molar-refractivity contribution in [1.29, 1.82) is 0 Å². The van der Waals surface area contributed by atoms with Crippen molar-refractivity contribution in [3.63, 3.8) is 0 Å². The normalized spacial score (nSPS) is 18.2. The zero-order valence-corrected chi connectivity index (χ0v) is 19.2. The Balaban J connectivity index is 1.29. The number of aromatic nitrogens is 1. The maximum absolute atomic E-state index is 12.6. The predicted octanol–water partition coefficient (Wildman–Crippen LogP) is 4.89. The van der Waals surface area contributed by atoms with Crippen molar-refractivity contribution in [2.45, 2.75) is 65.0 Å². The quantitative estimate of drug-likeness (QED) is 0.615. The number of piperidine rings is 1. The lowest BCUT2D eigenvalue weighted by molar-refractivity contribution is -0.126. The van der Waals surface area contributed by atoms with Crippen LogP contribution in [0.1, 0.15) is 57.4 Å². The smallest absolute Gasteiger partial charge is 0.223 e. The number of allylic oxidation sites excluding steroid dienone is 1. The van der Waals surface area contributed by atoms with E-state index in [1.165, 1.54) is 47.7 Å². The lowest BCUT2D eigenvalue weighted by Crippen LogP contribution is -2.40. The van der Waals surface area contributed by atoms with Crippen molar-refractivity contribution in [3.8, 4) is 5.75 Å². The fraction of sp³-hybridized carbons (Fsp3) is 0.577. The molecule has 0 saturated carbocycles. The minimum absolute atomic E-state index is 0.161. The number of fused-ring (bicyclic) bond motifs is 1. The Kier molecular flexibility index (Phi) is 7.33. The van der Waals surface area contributed by atoms with Crippen LogP contribution in [0.2, 0.25) is 0 Å². The van der Waals surface area contributed by atoms with E-state index >= 15 is 0 Å². The first-order valence-corrected chi connectivity index (χ1v) is 12.0. The highest BCUT2D eigenvalue weighted by molar-refractivity contribution is 5.85. The van der Waals surface area contributed by atoms with Crippen LogP contribution in [0.25, 0.3) is 10.9 Å². The summed E-state index contributed by atoms with van der Waals surface area (Å²) in [6.07, 6.45) is 12.6. The third-order valence-electron chi connectivity index (χ3n) is 6.99. The highest BCUT2D eigenvalue weighted by atomic mass is 16.5. The molecule has 0 atom stereocenters. The first kappa shape index (κ1) is 21.9. The number of ether oxygens (including phenoxy) is 1. The van der Waals surface area contributed by atoms with Crippen molar-refractivity contribution in [1.82, 2.24) is 14.8 Å². The lowest BCUT2D eigenvalue weighted by atomic mass is 9.95. The number of amides is 1. The summed E-state index contributed by atoms with van der Waals surface area (Å²) in [5.41, 5.74) is 4.14. The largest absolute Gasteiger partial charge is 0.497 e. The number of nitrogens with one attached hydrogen (secondary N) is 1. The fourth-order valence-corrected chi connectivity index (χ4v) is 5.08. The molecule has 1 saturated heterocycles. The number of carbonyl (C=O) groups excluding carboxylic acids is 1. The van der Waals surface area contributed by atoms with Crippen LogP contribution in [-0.2, 0) is 17.9 Å². The summed E-state index contributed by atoms with van der Waals surface area (Å²) in [6, 6.07) is 6.34. The highest BCUT2D eigenvalue weighted by Crippen LogP contribution is 2.28. The molecule has 0 bridgehead atoms. The Morgan fingerprint density at radius 3 is 2.77 bits per heavy atom. The number of benzene rings is 1. The zero-order valence-electron chi connectivity index (χ0n) is 19.2. The van der Waals surface area contributed by atoms with E-state index in [0.717, 1.165) is 57.7 Å². The molecule has 1 aliphatic carbocycles. The van der Waals surface area contributed by atoms with E-state index in [9.17, 15) is 4.79 Å². The van der Waals surface area contributed by atoms with Gasteiger partial charge in [0.25, 0.3) is 0 Å². The van der Waals surface area contributed by atoms with E-state index in [1.807, 2.05) is 6.07 Å². The van der Waals surface area contributed by atoms with Crippen LogP contribution >= 0.6 is 0 Å². The molecule has 5 heteroatoms. The third-order valence-corrected chi connectivity index (χ3v) is 6.99. The molecule has 1 N–H and O–H groups in total. The second kappa shape index (κ2) is 10.4. The molecule has 2 heterocycles. The average Bonchev–Trinajstić information content (AvgIpc) is 3.16. The van der Waals surface area contributed by atoms with Crippen molar-refractivity contribution in [3.05, 3.63) is 41.6 Å². The number of nitrogens with zero attached hydrogens (tertiary/aromatic N) is 2. The summed E-state index contributed by atoms with van der Waals surface area (Å²) in [5.74, 6) is 1.32. The van der Waals surface area contributed by atoms with Crippen LogP contribution in [0.5, 0.6) is 5.75 Å². The molecule has 168 valence electrons. The van der Waals surface area contributed by atoms with Gasteiger partial charge in [-0.15, -0.1) is 0 Å². The standard InChI is InChI=1S/C26H37N3O2/c1-3-29-19-22(24-17-23(31-2)9-10-25(24)29)18-28-15-12-21(13-16-28)26(30)27-14-11-20-7-5-4-6-8-20/h7,9-10,17,19,21H,3-6,8,11-16,18H2,1-2H3,(H,27,30). The van der Waals surface area contributed by atoms with Gasteiger partial charge in [0.15, 0.2) is 0 Å². The summed E-state index contributed by atoms with van der Waals surface area (Å²) >= 11 is 0. The minimum Gasteiger partial charge on any atom is -0.497 e. The van der Waals surface area contributed by atoms with E-state index in [-0.39, 0.29) is 11.8 Å². The minimum atomic E-state index is 0.161. The van der Waals surface area contributed by atoms with Gasteiger partial charge in [0.05, 0.1) is 7.11 Å². The zero-order chi connectivity index (χ0) is 21.6. The van der Waals surface area contributed by atoms with Crippen LogP contribution in [-0.4, -0.2) is 42.1 Å². The number of hydrogen-bond acceptors (Lipinski definition) is 3. The first-order chi connectivity index (χ1) is 15.2. The molecule has 1 fully saturated rings. The summed E-state index contributed by atoms with van der Waals surface area (Å²) in [7, 11) is 1.72. The van der Waals surface area contributed by atoms with Gasteiger partial charge in [0, 0.05) is 42.7 Å². The fourth-order valence-electron chi connectivity index (χ4n) is 5.08. The Hall–Kier alpha value is -2.27. The maximum atomic E-state index is 12.6. The topological polar surface area (TPSA) is 46.5 Å². The molecule has 0 unspecified atom stereocenters. The van der Waals surface area contributed by atoms with Crippen LogP contribution in [0.3, 0.4) is 0 Å². The Morgan fingerprint density at radius 2 is 2.06 bits per heavy atom. The van der Waals surface area contributed by atoms with Gasteiger partial charge < -0.3 is 14.6 Å². The molecular weight excluding hydrogens is 386 g/mol. The van der Waals surface area contributed by atoms with E-state index in [4.69, 9.17) is 4.74 Å². The Labute approximate surface area is 186 Å². The number of hydrogen-bond donors (Lipinski definition) is 1. The summed E-state index contributed by atoms with van der Waals surface area (Å²) in [4.78, 5) is 15.1. The van der Waals surface area contributed by atoms with Gasteiger partial charge >= 0.3 is 0 Å². The lowest BCUT2D eigenvalue weighted by Gasteiger charge is -2.31. The molecular formula is C26H37N3O2. The molecule has 1 aliphatic heterocycles. The van der Waals surface area contributed by atoms with Gasteiger partial charge in [-0.3, -0.25) is 9.69 Å². The summed E-state index contributed by atoms with van der Waals surface area (Å²) in [5, 5.41) is 4.47. The van der Waals surface area contributed by atoms with E-state index < -0.39 is 0 Å². The van der Waals surface area contributed by atoms with Crippen molar-refractivity contribution >= 4 is 16.8 Å². The highest BCUT2D eigenvalue weighted by Gasteiger charge is 2.25. The molecule has 1 amide bonds. The number of likely N-dealkylation sites (tertiary alicyclic amines) is 1.